The van der Waals surface area contributed by atoms with Gasteiger partial charge in [-0.2, -0.15) is 0 Å². The van der Waals surface area contributed by atoms with Gasteiger partial charge in [-0.1, -0.05) is 30.3 Å². The van der Waals surface area contributed by atoms with Gasteiger partial charge >= 0.3 is 0 Å². The maximum Gasteiger partial charge on any atom is 0.229 e. The van der Waals surface area contributed by atoms with Crippen LogP contribution < -0.4 is 21.3 Å². The standard InChI is InChI=1S/C28H28FN7S/c1-19-18-20(2)32-27(31-19)35-26(30-17-16-21-8-10-22(29)11-9-21)36-28(37)34-25-14-12-24(13-15-25)33-23-6-4-3-5-7-23/h3-15,18,33H,16-17H2,1-2H3,(H3,30,31,32,34,35,36,37). The van der Waals surface area contributed by atoms with E-state index in [0.717, 1.165) is 34.0 Å². The predicted molar refractivity (Wildman–Crippen MR) is 153 cm³/mol. The number of hydrogen-bond donors (Lipinski definition) is 4. The lowest BCUT2D eigenvalue weighted by atomic mass is 10.1. The summed E-state index contributed by atoms with van der Waals surface area (Å²) in [5.74, 6) is 0.570. The van der Waals surface area contributed by atoms with Gasteiger partial charge in [-0.25, -0.2) is 14.4 Å². The van der Waals surface area contributed by atoms with Gasteiger partial charge in [0.05, 0.1) is 0 Å². The number of rotatable bonds is 7. The van der Waals surface area contributed by atoms with Gasteiger partial charge in [0.2, 0.25) is 11.9 Å². The summed E-state index contributed by atoms with van der Waals surface area (Å²) < 4.78 is 13.2. The van der Waals surface area contributed by atoms with Crippen molar-refractivity contribution in [2.75, 3.05) is 22.5 Å². The lowest BCUT2D eigenvalue weighted by molar-refractivity contribution is 0.627. The maximum atomic E-state index is 13.2. The minimum atomic E-state index is -0.261. The number of aliphatic imine (C=N–C) groups is 1. The van der Waals surface area contributed by atoms with Crippen LogP contribution in [0.3, 0.4) is 0 Å². The summed E-state index contributed by atoms with van der Waals surface area (Å²) in [6, 6.07) is 26.1. The summed E-state index contributed by atoms with van der Waals surface area (Å²) >= 11 is 5.53. The van der Waals surface area contributed by atoms with Gasteiger partial charge in [0.25, 0.3) is 0 Å². The van der Waals surface area contributed by atoms with Crippen molar-refractivity contribution in [2.24, 2.45) is 4.99 Å². The fraction of sp³-hybridized carbons (Fsp3) is 0.143. The highest BCUT2D eigenvalue weighted by atomic mass is 32.1. The minimum absolute atomic E-state index is 0.261. The maximum absolute atomic E-state index is 13.2. The molecule has 0 radical (unpaired) electrons. The fourth-order valence-electron chi connectivity index (χ4n) is 3.54. The fourth-order valence-corrected chi connectivity index (χ4v) is 3.76. The van der Waals surface area contributed by atoms with Crippen LogP contribution in [0.15, 0.2) is 89.9 Å². The Morgan fingerprint density at radius 2 is 1.43 bits per heavy atom. The third-order valence-electron chi connectivity index (χ3n) is 5.23. The Morgan fingerprint density at radius 1 is 0.811 bits per heavy atom. The Bertz CT molecular complexity index is 1340. The number of aryl methyl sites for hydroxylation is 2. The molecule has 3 aromatic carbocycles. The molecule has 9 heteroatoms. The Kier molecular flexibility index (Phi) is 8.72. The number of nitrogens with zero attached hydrogens (tertiary/aromatic N) is 3. The average Bonchev–Trinajstić information content (AvgIpc) is 2.86. The van der Waals surface area contributed by atoms with Gasteiger partial charge < -0.3 is 16.0 Å². The molecule has 0 unspecified atom stereocenters. The second kappa shape index (κ2) is 12.5. The molecule has 4 aromatic rings. The predicted octanol–water partition coefficient (Wildman–Crippen LogP) is 5.97. The Morgan fingerprint density at radius 3 is 2.11 bits per heavy atom. The first kappa shape index (κ1) is 25.7. The number of hydrogen-bond acceptors (Lipinski definition) is 5. The SMILES string of the molecule is Cc1cc(C)nc(NC(=NCCc2ccc(F)cc2)NC(=S)Nc2ccc(Nc3ccccc3)cc2)n1. The van der Waals surface area contributed by atoms with Crippen molar-refractivity contribution in [3.8, 4) is 0 Å². The van der Waals surface area contributed by atoms with Crippen molar-refractivity contribution < 1.29 is 4.39 Å². The lowest BCUT2D eigenvalue weighted by Crippen LogP contribution is -2.39. The summed E-state index contributed by atoms with van der Waals surface area (Å²) in [7, 11) is 0. The van der Waals surface area contributed by atoms with Crippen LogP contribution in [0.1, 0.15) is 17.0 Å². The monoisotopic (exact) mass is 513 g/mol. The molecule has 0 amide bonds. The van der Waals surface area contributed by atoms with Crippen LogP contribution in [0.5, 0.6) is 0 Å². The molecule has 0 aliphatic rings. The van der Waals surface area contributed by atoms with Gasteiger partial charge in [-0.05, 0) is 92.6 Å². The van der Waals surface area contributed by atoms with E-state index in [-0.39, 0.29) is 5.82 Å². The van der Waals surface area contributed by atoms with E-state index in [1.54, 1.807) is 12.1 Å². The minimum Gasteiger partial charge on any atom is -0.356 e. The first-order chi connectivity index (χ1) is 17.9. The second-order valence-electron chi connectivity index (χ2n) is 8.35. The molecular weight excluding hydrogens is 485 g/mol. The van der Waals surface area contributed by atoms with Crippen molar-refractivity contribution in [1.82, 2.24) is 15.3 Å². The van der Waals surface area contributed by atoms with Gasteiger partial charge in [0, 0.05) is 35.0 Å². The van der Waals surface area contributed by atoms with E-state index >= 15 is 0 Å². The molecule has 0 saturated carbocycles. The molecule has 7 nitrogen and oxygen atoms in total. The molecule has 1 heterocycles. The molecule has 0 aliphatic heterocycles. The molecule has 0 fully saturated rings. The Hall–Kier alpha value is -4.37. The molecule has 0 aliphatic carbocycles. The van der Waals surface area contributed by atoms with Gasteiger partial charge in [0.15, 0.2) is 5.11 Å². The molecule has 4 rings (SSSR count). The van der Waals surface area contributed by atoms with E-state index in [1.165, 1.54) is 12.1 Å². The molecule has 4 N–H and O–H groups in total. The summed E-state index contributed by atoms with van der Waals surface area (Å²) in [5, 5.41) is 13.1. The lowest BCUT2D eigenvalue weighted by Gasteiger charge is -2.15. The van der Waals surface area contributed by atoms with Crippen molar-refractivity contribution >= 4 is 46.3 Å². The van der Waals surface area contributed by atoms with Gasteiger partial charge in [-0.15, -0.1) is 0 Å². The molecule has 0 saturated heterocycles. The van der Waals surface area contributed by atoms with E-state index in [2.05, 4.69) is 36.2 Å². The molecule has 0 bridgehead atoms. The van der Waals surface area contributed by atoms with E-state index in [9.17, 15) is 4.39 Å². The smallest absolute Gasteiger partial charge is 0.229 e. The van der Waals surface area contributed by atoms with Crippen LogP contribution in [0.4, 0.5) is 27.4 Å². The molecule has 0 spiro atoms. The van der Waals surface area contributed by atoms with Crippen LogP contribution in [0.2, 0.25) is 0 Å². The number of anilines is 4. The highest BCUT2D eigenvalue weighted by molar-refractivity contribution is 7.80. The van der Waals surface area contributed by atoms with Crippen LogP contribution >= 0.6 is 12.2 Å². The Balaban J connectivity index is 1.41. The van der Waals surface area contributed by atoms with Crippen LogP contribution in [-0.4, -0.2) is 27.6 Å². The molecule has 37 heavy (non-hydrogen) atoms. The van der Waals surface area contributed by atoms with Crippen LogP contribution in [0.25, 0.3) is 0 Å². The van der Waals surface area contributed by atoms with Crippen molar-refractivity contribution in [3.63, 3.8) is 0 Å². The normalized spacial score (nSPS) is 11.1. The van der Waals surface area contributed by atoms with Crippen LogP contribution in [0, 0.1) is 19.7 Å². The number of halogens is 1. The van der Waals surface area contributed by atoms with Crippen molar-refractivity contribution in [2.45, 2.75) is 20.3 Å². The summed E-state index contributed by atoms with van der Waals surface area (Å²) in [5.41, 5.74) is 5.46. The van der Waals surface area contributed by atoms with E-state index in [0.29, 0.717) is 30.0 Å². The van der Waals surface area contributed by atoms with E-state index in [4.69, 9.17) is 12.2 Å². The third kappa shape index (κ3) is 8.36. The number of thiocarbonyl (C=S) groups is 1. The average molecular weight is 514 g/mol. The van der Waals surface area contributed by atoms with Crippen LogP contribution in [-0.2, 0) is 6.42 Å². The first-order valence-corrected chi connectivity index (χ1v) is 12.2. The molecular formula is C28H28FN7S. The zero-order valence-corrected chi connectivity index (χ0v) is 21.4. The quantitative estimate of drug-likeness (QED) is 0.138. The van der Waals surface area contributed by atoms with Gasteiger partial charge in [0.1, 0.15) is 5.82 Å². The number of nitrogens with one attached hydrogen (secondary N) is 4. The molecule has 0 atom stereocenters. The Labute approximate surface area is 221 Å². The van der Waals surface area contributed by atoms with Crippen molar-refractivity contribution in [3.05, 3.63) is 108 Å². The highest BCUT2D eigenvalue weighted by Gasteiger charge is 2.08. The van der Waals surface area contributed by atoms with E-state index < -0.39 is 0 Å². The summed E-state index contributed by atoms with van der Waals surface area (Å²) in [6.07, 6.45) is 0.636. The number of aromatic nitrogens is 2. The number of benzene rings is 3. The van der Waals surface area contributed by atoms with Gasteiger partial charge in [-0.3, -0.25) is 10.3 Å². The van der Waals surface area contributed by atoms with E-state index in [1.807, 2.05) is 74.5 Å². The second-order valence-corrected chi connectivity index (χ2v) is 8.76. The molecule has 188 valence electrons. The van der Waals surface area contributed by atoms with Crippen molar-refractivity contribution in [1.29, 1.82) is 0 Å². The molecule has 1 aromatic heterocycles. The zero-order chi connectivity index (χ0) is 26.0. The number of para-hydroxylation sites is 1. The summed E-state index contributed by atoms with van der Waals surface area (Å²) in [6.45, 7) is 4.26. The summed E-state index contributed by atoms with van der Waals surface area (Å²) in [4.78, 5) is 13.5. The number of guanidine groups is 1. The topological polar surface area (TPSA) is 86.3 Å². The third-order valence-corrected chi connectivity index (χ3v) is 5.44. The zero-order valence-electron chi connectivity index (χ0n) is 20.6. The first-order valence-electron chi connectivity index (χ1n) is 11.8. The largest absolute Gasteiger partial charge is 0.356 e. The highest BCUT2D eigenvalue weighted by Crippen LogP contribution is 2.18.